The van der Waals surface area contributed by atoms with Gasteiger partial charge in [0.15, 0.2) is 4.96 Å². The van der Waals surface area contributed by atoms with E-state index in [9.17, 15) is 4.79 Å². The van der Waals surface area contributed by atoms with E-state index >= 15 is 0 Å². The van der Waals surface area contributed by atoms with Gasteiger partial charge in [0.2, 0.25) is 5.91 Å². The van der Waals surface area contributed by atoms with Crippen molar-refractivity contribution in [3.05, 3.63) is 34.6 Å². The molecule has 1 aliphatic heterocycles. The molecule has 24 heavy (non-hydrogen) atoms. The highest BCUT2D eigenvalue weighted by Crippen LogP contribution is 2.23. The third-order valence-corrected chi connectivity index (χ3v) is 5.56. The molecule has 0 bridgehead atoms. The second-order valence-corrected chi connectivity index (χ2v) is 7.28. The number of hydrogen-bond acceptors (Lipinski definition) is 5. The number of aromatic nitrogens is 5. The molecule has 0 spiro atoms. The number of thiazole rings is 1. The topological polar surface area (TPSA) is 68.3 Å². The lowest BCUT2D eigenvalue weighted by Crippen LogP contribution is -2.37. The van der Waals surface area contributed by atoms with Gasteiger partial charge in [0.05, 0.1) is 23.9 Å². The number of imidazole rings is 1. The SMILES string of the molecule is Cc1nc2sccn2c1CN(C)C(=O)C1CCc2nnc(C)n2C1. The predicted molar refractivity (Wildman–Crippen MR) is 90.9 cm³/mol. The van der Waals surface area contributed by atoms with Crippen LogP contribution in [0.15, 0.2) is 11.6 Å². The lowest BCUT2D eigenvalue weighted by Gasteiger charge is -2.27. The Kier molecular flexibility index (Phi) is 3.64. The summed E-state index contributed by atoms with van der Waals surface area (Å²) in [6.07, 6.45) is 3.66. The quantitative estimate of drug-likeness (QED) is 0.727. The largest absolute Gasteiger partial charge is 0.340 e. The van der Waals surface area contributed by atoms with Crippen LogP contribution in [0.25, 0.3) is 4.96 Å². The average molecular weight is 344 g/mol. The van der Waals surface area contributed by atoms with Crippen LogP contribution in [0.2, 0.25) is 0 Å². The number of hydrogen-bond donors (Lipinski definition) is 0. The molecular formula is C16H20N6OS. The van der Waals surface area contributed by atoms with Crippen molar-refractivity contribution in [1.82, 2.24) is 29.0 Å². The number of carbonyl (C=O) groups excluding carboxylic acids is 1. The first-order chi connectivity index (χ1) is 11.5. The normalized spacial score (nSPS) is 17.2. The molecule has 1 atom stereocenters. The minimum Gasteiger partial charge on any atom is -0.340 e. The van der Waals surface area contributed by atoms with Gasteiger partial charge in [0.1, 0.15) is 11.6 Å². The Balaban J connectivity index is 1.51. The minimum atomic E-state index is -0.0107. The summed E-state index contributed by atoms with van der Waals surface area (Å²) >= 11 is 1.61. The van der Waals surface area contributed by atoms with Gasteiger partial charge in [-0.3, -0.25) is 9.20 Å². The number of aryl methyl sites for hydroxylation is 3. The highest BCUT2D eigenvalue weighted by molar-refractivity contribution is 7.15. The maximum atomic E-state index is 12.9. The van der Waals surface area contributed by atoms with Gasteiger partial charge in [-0.2, -0.15) is 0 Å². The molecule has 0 N–H and O–H groups in total. The van der Waals surface area contributed by atoms with Crippen molar-refractivity contribution >= 4 is 22.2 Å². The molecule has 1 amide bonds. The van der Waals surface area contributed by atoms with Crippen molar-refractivity contribution < 1.29 is 4.79 Å². The summed E-state index contributed by atoms with van der Waals surface area (Å²) in [5, 5.41) is 10.3. The number of rotatable bonds is 3. The van der Waals surface area contributed by atoms with E-state index in [2.05, 4.69) is 24.1 Å². The zero-order valence-electron chi connectivity index (χ0n) is 14.1. The Hall–Kier alpha value is -2.22. The first-order valence-corrected chi connectivity index (χ1v) is 8.97. The fourth-order valence-electron chi connectivity index (χ4n) is 3.41. The monoisotopic (exact) mass is 344 g/mol. The molecule has 126 valence electrons. The number of nitrogens with zero attached hydrogens (tertiary/aromatic N) is 6. The van der Waals surface area contributed by atoms with Gasteiger partial charge in [-0.25, -0.2) is 4.98 Å². The molecule has 0 radical (unpaired) electrons. The Morgan fingerprint density at radius 2 is 2.25 bits per heavy atom. The molecule has 0 aromatic carbocycles. The van der Waals surface area contributed by atoms with Crippen molar-refractivity contribution in [3.63, 3.8) is 0 Å². The average Bonchev–Trinajstić information content (AvgIpc) is 3.24. The number of carbonyl (C=O) groups is 1. The summed E-state index contributed by atoms with van der Waals surface area (Å²) < 4.78 is 4.15. The van der Waals surface area contributed by atoms with Crippen LogP contribution < -0.4 is 0 Å². The fourth-order valence-corrected chi connectivity index (χ4v) is 4.19. The van der Waals surface area contributed by atoms with E-state index in [1.807, 2.05) is 37.4 Å². The van der Waals surface area contributed by atoms with Gasteiger partial charge < -0.3 is 9.47 Å². The van der Waals surface area contributed by atoms with Crippen LogP contribution in [-0.2, 0) is 24.3 Å². The van der Waals surface area contributed by atoms with E-state index in [-0.39, 0.29) is 11.8 Å². The molecule has 3 aromatic heterocycles. The third kappa shape index (κ3) is 2.41. The lowest BCUT2D eigenvalue weighted by atomic mass is 9.97. The lowest BCUT2D eigenvalue weighted by molar-refractivity contribution is -0.135. The maximum absolute atomic E-state index is 12.9. The van der Waals surface area contributed by atoms with Crippen LogP contribution in [-0.4, -0.2) is 42.0 Å². The first-order valence-electron chi connectivity index (χ1n) is 8.09. The van der Waals surface area contributed by atoms with Crippen LogP contribution in [0.4, 0.5) is 0 Å². The van der Waals surface area contributed by atoms with E-state index in [1.54, 1.807) is 11.3 Å². The fraction of sp³-hybridized carbons (Fsp3) is 0.500. The van der Waals surface area contributed by atoms with Gasteiger partial charge in [-0.15, -0.1) is 21.5 Å². The van der Waals surface area contributed by atoms with E-state index in [1.165, 1.54) is 0 Å². The molecule has 7 nitrogen and oxygen atoms in total. The molecule has 8 heteroatoms. The zero-order valence-corrected chi connectivity index (χ0v) is 14.9. The van der Waals surface area contributed by atoms with Gasteiger partial charge in [0, 0.05) is 31.6 Å². The Morgan fingerprint density at radius 1 is 1.42 bits per heavy atom. The highest BCUT2D eigenvalue weighted by atomic mass is 32.1. The number of fused-ring (bicyclic) bond motifs is 2. The second-order valence-electron chi connectivity index (χ2n) is 6.40. The van der Waals surface area contributed by atoms with Gasteiger partial charge in [-0.05, 0) is 20.3 Å². The Morgan fingerprint density at radius 3 is 3.08 bits per heavy atom. The van der Waals surface area contributed by atoms with Crippen molar-refractivity contribution in [2.45, 2.75) is 39.8 Å². The number of amides is 1. The standard InChI is InChI=1S/C16H20N6OS/c1-10-13(21-6-7-24-16(21)17-10)9-20(3)15(23)12-4-5-14-19-18-11(2)22(14)8-12/h6-7,12H,4-5,8-9H2,1-3H3. The van der Waals surface area contributed by atoms with E-state index in [0.717, 1.165) is 40.8 Å². The van der Waals surface area contributed by atoms with Crippen molar-refractivity contribution in [1.29, 1.82) is 0 Å². The molecule has 4 rings (SSSR count). The molecule has 0 fully saturated rings. The molecule has 3 aromatic rings. The van der Waals surface area contributed by atoms with Crippen LogP contribution >= 0.6 is 11.3 Å². The predicted octanol–water partition coefficient (Wildman–Crippen LogP) is 1.83. The third-order valence-electron chi connectivity index (χ3n) is 4.81. The van der Waals surface area contributed by atoms with Crippen molar-refractivity contribution in [3.8, 4) is 0 Å². The van der Waals surface area contributed by atoms with E-state index in [0.29, 0.717) is 13.1 Å². The first kappa shape index (κ1) is 15.3. The summed E-state index contributed by atoms with van der Waals surface area (Å²) in [6, 6.07) is 0. The summed E-state index contributed by atoms with van der Waals surface area (Å²) in [5.74, 6) is 2.05. The Bertz CT molecular complexity index is 907. The zero-order chi connectivity index (χ0) is 16.8. The van der Waals surface area contributed by atoms with Gasteiger partial charge in [-0.1, -0.05) is 0 Å². The molecule has 4 heterocycles. The molecule has 0 saturated carbocycles. The van der Waals surface area contributed by atoms with Gasteiger partial charge in [0.25, 0.3) is 0 Å². The smallest absolute Gasteiger partial charge is 0.227 e. The molecule has 1 unspecified atom stereocenters. The highest BCUT2D eigenvalue weighted by Gasteiger charge is 2.29. The van der Waals surface area contributed by atoms with Crippen LogP contribution in [0, 0.1) is 19.8 Å². The van der Waals surface area contributed by atoms with Crippen molar-refractivity contribution in [2.75, 3.05) is 7.05 Å². The van der Waals surface area contributed by atoms with Crippen LogP contribution in [0.5, 0.6) is 0 Å². The summed E-state index contributed by atoms with van der Waals surface area (Å²) in [5.41, 5.74) is 2.07. The Labute approximate surface area is 143 Å². The minimum absolute atomic E-state index is 0.0107. The summed E-state index contributed by atoms with van der Waals surface area (Å²) in [6.45, 7) is 5.19. The molecule has 0 saturated heterocycles. The maximum Gasteiger partial charge on any atom is 0.227 e. The van der Waals surface area contributed by atoms with Gasteiger partial charge >= 0.3 is 0 Å². The van der Waals surface area contributed by atoms with E-state index < -0.39 is 0 Å². The molecular weight excluding hydrogens is 324 g/mol. The second kappa shape index (κ2) is 5.70. The molecule has 1 aliphatic rings. The summed E-state index contributed by atoms with van der Waals surface area (Å²) in [7, 11) is 1.88. The van der Waals surface area contributed by atoms with E-state index in [4.69, 9.17) is 0 Å². The van der Waals surface area contributed by atoms with Crippen LogP contribution in [0.1, 0.15) is 29.5 Å². The molecule has 0 aliphatic carbocycles. The van der Waals surface area contributed by atoms with Crippen LogP contribution in [0.3, 0.4) is 0 Å². The van der Waals surface area contributed by atoms with Crippen molar-refractivity contribution in [2.24, 2.45) is 5.92 Å². The summed E-state index contributed by atoms with van der Waals surface area (Å²) in [4.78, 5) is 20.3.